The van der Waals surface area contributed by atoms with Crippen molar-refractivity contribution in [3.05, 3.63) is 28.0 Å². The Morgan fingerprint density at radius 2 is 2.50 bits per heavy atom. The van der Waals surface area contributed by atoms with Crippen LogP contribution in [0.5, 0.6) is 0 Å². The molecule has 76 valence electrons. The van der Waals surface area contributed by atoms with E-state index in [1.54, 1.807) is 6.07 Å². The fourth-order valence-corrected chi connectivity index (χ4v) is 1.75. The lowest BCUT2D eigenvalue weighted by Crippen LogP contribution is -2.10. The largest absolute Gasteiger partial charge is 0.433 e. The molecule has 0 saturated carbocycles. The van der Waals surface area contributed by atoms with Gasteiger partial charge in [0.05, 0.1) is 6.07 Å². The van der Waals surface area contributed by atoms with Gasteiger partial charge >= 0.3 is 5.88 Å². The second-order valence-corrected chi connectivity index (χ2v) is 3.56. The third-order valence-corrected chi connectivity index (χ3v) is 2.48. The molecule has 1 aromatic heterocycles. The predicted molar refractivity (Wildman–Crippen MR) is 50.0 cm³/mol. The minimum atomic E-state index is -0.504. The molecule has 2 rings (SSSR count). The average molecular weight is 196 g/mol. The van der Waals surface area contributed by atoms with Gasteiger partial charge in [-0.25, -0.2) is 0 Å². The number of rotatable bonds is 3. The van der Waals surface area contributed by atoms with Crippen LogP contribution in [0.15, 0.2) is 16.5 Å². The van der Waals surface area contributed by atoms with E-state index < -0.39 is 4.92 Å². The van der Waals surface area contributed by atoms with E-state index in [1.807, 2.05) is 0 Å². The maximum Gasteiger partial charge on any atom is 0.433 e. The molecule has 0 radical (unpaired) electrons. The van der Waals surface area contributed by atoms with E-state index in [4.69, 9.17) is 4.42 Å². The standard InChI is InChI=1S/C9H12N2O3/c12-11(13)9-2-1-8(14-9)5-7-3-4-10-6-7/h1-2,7,10H,3-6H2. The van der Waals surface area contributed by atoms with E-state index in [1.165, 1.54) is 6.07 Å². The molecule has 0 aromatic carbocycles. The highest BCUT2D eigenvalue weighted by molar-refractivity contribution is 5.18. The molecule has 1 aromatic rings. The number of nitrogens with one attached hydrogen (secondary N) is 1. The number of nitro groups is 1. The Bertz CT molecular complexity index is 329. The average Bonchev–Trinajstić information content (AvgIpc) is 2.75. The lowest BCUT2D eigenvalue weighted by Gasteiger charge is -2.03. The molecule has 1 unspecified atom stereocenters. The molecule has 1 aliphatic rings. The van der Waals surface area contributed by atoms with Gasteiger partial charge in [0.2, 0.25) is 0 Å². The van der Waals surface area contributed by atoms with Gasteiger partial charge in [-0.1, -0.05) is 0 Å². The van der Waals surface area contributed by atoms with Crippen molar-refractivity contribution in [1.29, 1.82) is 0 Å². The second kappa shape index (κ2) is 3.79. The van der Waals surface area contributed by atoms with Crippen LogP contribution in [0.1, 0.15) is 12.2 Å². The third-order valence-electron chi connectivity index (χ3n) is 2.48. The van der Waals surface area contributed by atoms with Gasteiger partial charge in [0.1, 0.15) is 10.7 Å². The van der Waals surface area contributed by atoms with E-state index in [0.29, 0.717) is 11.7 Å². The van der Waals surface area contributed by atoms with Crippen molar-refractivity contribution in [1.82, 2.24) is 5.32 Å². The smallest absolute Gasteiger partial charge is 0.406 e. The topological polar surface area (TPSA) is 68.3 Å². The molecule has 1 aliphatic heterocycles. The minimum Gasteiger partial charge on any atom is -0.406 e. The van der Waals surface area contributed by atoms with Crippen molar-refractivity contribution in [2.24, 2.45) is 5.92 Å². The fourth-order valence-electron chi connectivity index (χ4n) is 1.75. The third kappa shape index (κ3) is 1.93. The molecule has 0 bridgehead atoms. The number of hydrogen-bond donors (Lipinski definition) is 1. The SMILES string of the molecule is O=[N+]([O-])c1ccc(CC2CCNC2)o1. The first-order valence-electron chi connectivity index (χ1n) is 4.69. The molecule has 2 heterocycles. The number of hydrogen-bond acceptors (Lipinski definition) is 4. The Labute approximate surface area is 81.2 Å². The van der Waals surface area contributed by atoms with Crippen LogP contribution in [0.4, 0.5) is 5.88 Å². The van der Waals surface area contributed by atoms with Gasteiger partial charge in [0.15, 0.2) is 0 Å². The molecule has 14 heavy (non-hydrogen) atoms. The van der Waals surface area contributed by atoms with Crippen LogP contribution in [0, 0.1) is 16.0 Å². The van der Waals surface area contributed by atoms with Crippen LogP contribution in [0.3, 0.4) is 0 Å². The summed E-state index contributed by atoms with van der Waals surface area (Å²) in [5, 5.41) is 13.6. The van der Waals surface area contributed by atoms with Crippen molar-refractivity contribution in [2.45, 2.75) is 12.8 Å². The molecule has 0 aliphatic carbocycles. The lowest BCUT2D eigenvalue weighted by molar-refractivity contribution is -0.402. The first-order chi connectivity index (χ1) is 6.75. The molecule has 1 fully saturated rings. The molecule has 5 heteroatoms. The Morgan fingerprint density at radius 1 is 1.64 bits per heavy atom. The fraction of sp³-hybridized carbons (Fsp3) is 0.556. The second-order valence-electron chi connectivity index (χ2n) is 3.56. The van der Waals surface area contributed by atoms with Gasteiger partial charge in [0.25, 0.3) is 0 Å². The van der Waals surface area contributed by atoms with Crippen LogP contribution >= 0.6 is 0 Å². The summed E-state index contributed by atoms with van der Waals surface area (Å²) in [5.41, 5.74) is 0. The summed E-state index contributed by atoms with van der Waals surface area (Å²) in [7, 11) is 0. The molecular formula is C9H12N2O3. The van der Waals surface area contributed by atoms with Crippen molar-refractivity contribution in [2.75, 3.05) is 13.1 Å². The summed E-state index contributed by atoms with van der Waals surface area (Å²) < 4.78 is 5.08. The molecule has 1 atom stereocenters. The van der Waals surface area contributed by atoms with Crippen molar-refractivity contribution < 1.29 is 9.34 Å². The Balaban J connectivity index is 1.98. The zero-order valence-electron chi connectivity index (χ0n) is 7.73. The van der Waals surface area contributed by atoms with Crippen molar-refractivity contribution in [3.8, 4) is 0 Å². The van der Waals surface area contributed by atoms with Crippen molar-refractivity contribution in [3.63, 3.8) is 0 Å². The first-order valence-corrected chi connectivity index (χ1v) is 4.69. The zero-order chi connectivity index (χ0) is 9.97. The number of nitrogens with zero attached hydrogens (tertiary/aromatic N) is 1. The lowest BCUT2D eigenvalue weighted by atomic mass is 10.0. The van der Waals surface area contributed by atoms with E-state index in [0.717, 1.165) is 25.9 Å². The van der Waals surface area contributed by atoms with Crippen LogP contribution < -0.4 is 5.32 Å². The normalized spacial score (nSPS) is 21.3. The molecule has 1 N–H and O–H groups in total. The van der Waals surface area contributed by atoms with E-state index in [9.17, 15) is 10.1 Å². The maximum atomic E-state index is 10.4. The Kier molecular flexibility index (Phi) is 2.49. The van der Waals surface area contributed by atoms with Gasteiger partial charge in [-0.3, -0.25) is 10.1 Å². The highest BCUT2D eigenvalue weighted by Gasteiger charge is 2.18. The van der Waals surface area contributed by atoms with Gasteiger partial charge in [-0.05, 0) is 31.5 Å². The number of furan rings is 1. The minimum absolute atomic E-state index is 0.161. The predicted octanol–water partition coefficient (Wildman–Crippen LogP) is 1.34. The van der Waals surface area contributed by atoms with Gasteiger partial charge < -0.3 is 9.73 Å². The maximum absolute atomic E-state index is 10.4. The van der Waals surface area contributed by atoms with Gasteiger partial charge in [0, 0.05) is 6.42 Å². The molecule has 1 saturated heterocycles. The molecule has 0 spiro atoms. The monoisotopic (exact) mass is 196 g/mol. The van der Waals surface area contributed by atoms with Crippen molar-refractivity contribution >= 4 is 5.88 Å². The van der Waals surface area contributed by atoms with Crippen LogP contribution in [0.2, 0.25) is 0 Å². The summed E-state index contributed by atoms with van der Waals surface area (Å²) >= 11 is 0. The summed E-state index contributed by atoms with van der Waals surface area (Å²) in [6, 6.07) is 3.11. The first kappa shape index (κ1) is 9.21. The quantitative estimate of drug-likeness (QED) is 0.585. The summed E-state index contributed by atoms with van der Waals surface area (Å²) in [6.07, 6.45) is 1.91. The zero-order valence-corrected chi connectivity index (χ0v) is 7.73. The highest BCUT2D eigenvalue weighted by atomic mass is 16.6. The molecule has 5 nitrogen and oxygen atoms in total. The van der Waals surface area contributed by atoms with E-state index >= 15 is 0 Å². The molecule has 0 amide bonds. The highest BCUT2D eigenvalue weighted by Crippen LogP contribution is 2.20. The van der Waals surface area contributed by atoms with Crippen LogP contribution in [-0.4, -0.2) is 18.0 Å². The summed E-state index contributed by atoms with van der Waals surface area (Å²) in [4.78, 5) is 9.85. The van der Waals surface area contributed by atoms with Gasteiger partial charge in [-0.2, -0.15) is 0 Å². The van der Waals surface area contributed by atoms with Crippen LogP contribution in [0.25, 0.3) is 0 Å². The molecular weight excluding hydrogens is 184 g/mol. The Hall–Kier alpha value is -1.36. The van der Waals surface area contributed by atoms with Gasteiger partial charge in [-0.15, -0.1) is 0 Å². The Morgan fingerprint density at radius 3 is 3.07 bits per heavy atom. The summed E-state index contributed by atoms with van der Waals surface area (Å²) in [6.45, 7) is 2.02. The van der Waals surface area contributed by atoms with E-state index in [2.05, 4.69) is 5.32 Å². The summed E-state index contributed by atoms with van der Waals surface area (Å²) in [5.74, 6) is 1.11. The van der Waals surface area contributed by atoms with Crippen LogP contribution in [-0.2, 0) is 6.42 Å². The van der Waals surface area contributed by atoms with E-state index in [-0.39, 0.29) is 5.88 Å².